The molecule has 0 aliphatic rings. The molecule has 4 aromatic rings. The molecule has 4 rings (SSSR count). The van der Waals surface area contributed by atoms with Crippen molar-refractivity contribution >= 4 is 22.4 Å². The molecular weight excluding hydrogens is 361 g/mol. The molecule has 8 heteroatoms. The fourth-order valence-electron chi connectivity index (χ4n) is 3.03. The molecule has 0 saturated heterocycles. The number of nitrogens with one attached hydrogen (secondary N) is 1. The normalized spacial score (nSPS) is 11.0. The van der Waals surface area contributed by atoms with Crippen LogP contribution in [-0.2, 0) is 0 Å². The van der Waals surface area contributed by atoms with E-state index in [1.54, 1.807) is 29.6 Å². The Morgan fingerprint density at radius 2 is 2.00 bits per heavy atom. The summed E-state index contributed by atoms with van der Waals surface area (Å²) < 4.78 is 19.2. The van der Waals surface area contributed by atoms with E-state index in [-0.39, 0.29) is 13.2 Å². The quantitative estimate of drug-likeness (QED) is 0.535. The van der Waals surface area contributed by atoms with Crippen molar-refractivity contribution in [3.05, 3.63) is 60.8 Å². The van der Waals surface area contributed by atoms with E-state index < -0.39 is 5.82 Å². The molecule has 0 fully saturated rings. The van der Waals surface area contributed by atoms with Crippen molar-refractivity contribution in [3.63, 3.8) is 0 Å². The van der Waals surface area contributed by atoms with Gasteiger partial charge in [-0.1, -0.05) is 0 Å². The SMILES string of the molecule is COc1cc(F)cc(N(CCO)c2ccc3ncc(-c4cn[nH]c4)nc3c2)c1. The van der Waals surface area contributed by atoms with Crippen molar-refractivity contribution in [2.45, 2.75) is 0 Å². The Balaban J connectivity index is 1.79. The summed E-state index contributed by atoms with van der Waals surface area (Å²) in [6, 6.07) is 9.99. The first-order chi connectivity index (χ1) is 13.7. The third-order valence-electron chi connectivity index (χ3n) is 4.36. The summed E-state index contributed by atoms with van der Waals surface area (Å²) in [5.74, 6) is -0.0131. The Labute approximate surface area is 160 Å². The van der Waals surface area contributed by atoms with Crippen molar-refractivity contribution in [2.24, 2.45) is 0 Å². The van der Waals surface area contributed by atoms with E-state index in [4.69, 9.17) is 4.74 Å². The van der Waals surface area contributed by atoms with Crippen LogP contribution in [0, 0.1) is 5.82 Å². The van der Waals surface area contributed by atoms with Gasteiger partial charge in [0.2, 0.25) is 0 Å². The number of H-pyrrole nitrogens is 1. The summed E-state index contributed by atoms with van der Waals surface area (Å²) in [7, 11) is 1.48. The van der Waals surface area contributed by atoms with E-state index in [0.717, 1.165) is 16.8 Å². The highest BCUT2D eigenvalue weighted by atomic mass is 19.1. The van der Waals surface area contributed by atoms with Crippen LogP contribution < -0.4 is 9.64 Å². The van der Waals surface area contributed by atoms with Gasteiger partial charge in [-0.25, -0.2) is 9.37 Å². The number of aromatic amines is 1. The largest absolute Gasteiger partial charge is 0.497 e. The van der Waals surface area contributed by atoms with Crippen LogP contribution in [0.15, 0.2) is 55.0 Å². The monoisotopic (exact) mass is 379 g/mol. The maximum Gasteiger partial charge on any atom is 0.128 e. The zero-order chi connectivity index (χ0) is 19.5. The molecule has 2 N–H and O–H groups in total. The van der Waals surface area contributed by atoms with Crippen molar-refractivity contribution in [2.75, 3.05) is 25.2 Å². The lowest BCUT2D eigenvalue weighted by Gasteiger charge is -2.25. The predicted octanol–water partition coefficient (Wildman–Crippen LogP) is 3.30. The number of halogens is 1. The zero-order valence-electron chi connectivity index (χ0n) is 15.1. The molecule has 0 bridgehead atoms. The van der Waals surface area contributed by atoms with Gasteiger partial charge in [0.25, 0.3) is 0 Å². The molecule has 142 valence electrons. The highest BCUT2D eigenvalue weighted by Gasteiger charge is 2.13. The number of hydrogen-bond acceptors (Lipinski definition) is 6. The van der Waals surface area contributed by atoms with Gasteiger partial charge in [-0.2, -0.15) is 5.10 Å². The van der Waals surface area contributed by atoms with Crippen molar-refractivity contribution in [3.8, 4) is 17.0 Å². The standard InChI is InChI=1S/C20H18FN5O2/c1-28-17-7-14(21)6-16(8-17)26(4-5-27)15-2-3-18-19(9-15)25-20(12-22-18)13-10-23-24-11-13/h2-3,6-12,27H,4-5H2,1H3,(H,23,24). The molecular formula is C20H18FN5O2. The summed E-state index contributed by atoms with van der Waals surface area (Å²) in [6.07, 6.45) is 5.11. The van der Waals surface area contributed by atoms with Gasteiger partial charge >= 0.3 is 0 Å². The molecule has 0 radical (unpaired) electrons. The Kier molecular flexibility index (Phi) is 4.86. The fraction of sp³-hybridized carbons (Fsp3) is 0.150. The number of aromatic nitrogens is 4. The lowest BCUT2D eigenvalue weighted by atomic mass is 10.2. The van der Waals surface area contributed by atoms with Crippen LogP contribution in [0.4, 0.5) is 15.8 Å². The number of methoxy groups -OCH3 is 1. The van der Waals surface area contributed by atoms with Crippen molar-refractivity contribution in [1.29, 1.82) is 0 Å². The topological polar surface area (TPSA) is 87.2 Å². The first-order valence-electron chi connectivity index (χ1n) is 8.67. The third-order valence-corrected chi connectivity index (χ3v) is 4.36. The predicted molar refractivity (Wildman–Crippen MR) is 104 cm³/mol. The number of nitrogens with zero attached hydrogens (tertiary/aromatic N) is 4. The summed E-state index contributed by atoms with van der Waals surface area (Å²) in [6.45, 7) is 0.185. The average Bonchev–Trinajstić information content (AvgIpc) is 3.25. The number of aliphatic hydroxyl groups is 1. The van der Waals surface area contributed by atoms with Gasteiger partial charge in [0.1, 0.15) is 11.6 Å². The second-order valence-corrected chi connectivity index (χ2v) is 6.14. The molecule has 0 aliphatic heterocycles. The Morgan fingerprint density at radius 1 is 1.11 bits per heavy atom. The molecule has 28 heavy (non-hydrogen) atoms. The number of hydrogen-bond donors (Lipinski definition) is 2. The van der Waals surface area contributed by atoms with Gasteiger partial charge in [0, 0.05) is 41.8 Å². The Hall–Kier alpha value is -3.52. The fourth-order valence-corrected chi connectivity index (χ4v) is 3.03. The summed E-state index contributed by atoms with van der Waals surface area (Å²) >= 11 is 0. The van der Waals surface area contributed by atoms with Gasteiger partial charge in [0.05, 0.1) is 42.8 Å². The molecule has 0 saturated carbocycles. The minimum Gasteiger partial charge on any atom is -0.497 e. The Bertz CT molecular complexity index is 1100. The minimum atomic E-state index is -0.417. The Morgan fingerprint density at radius 3 is 2.75 bits per heavy atom. The smallest absolute Gasteiger partial charge is 0.128 e. The highest BCUT2D eigenvalue weighted by Crippen LogP contribution is 2.31. The third kappa shape index (κ3) is 3.49. The lowest BCUT2D eigenvalue weighted by Crippen LogP contribution is -2.21. The van der Waals surface area contributed by atoms with Crippen LogP contribution in [0.25, 0.3) is 22.3 Å². The highest BCUT2D eigenvalue weighted by molar-refractivity contribution is 5.82. The molecule has 2 heterocycles. The number of aliphatic hydroxyl groups excluding tert-OH is 1. The van der Waals surface area contributed by atoms with E-state index in [0.29, 0.717) is 22.6 Å². The van der Waals surface area contributed by atoms with E-state index >= 15 is 0 Å². The maximum atomic E-state index is 14.0. The van der Waals surface area contributed by atoms with E-state index in [9.17, 15) is 9.50 Å². The number of anilines is 2. The first kappa shape index (κ1) is 17.9. The summed E-state index contributed by atoms with van der Waals surface area (Å²) in [5, 5.41) is 16.2. The minimum absolute atomic E-state index is 0.0996. The van der Waals surface area contributed by atoms with Gasteiger partial charge in [0.15, 0.2) is 0 Å². The summed E-state index contributed by atoms with van der Waals surface area (Å²) in [4.78, 5) is 10.9. The first-order valence-corrected chi connectivity index (χ1v) is 8.67. The van der Waals surface area contributed by atoms with Crippen LogP contribution in [0.1, 0.15) is 0 Å². The van der Waals surface area contributed by atoms with E-state index in [1.807, 2.05) is 18.2 Å². The van der Waals surface area contributed by atoms with E-state index in [2.05, 4.69) is 20.2 Å². The lowest BCUT2D eigenvalue weighted by molar-refractivity contribution is 0.305. The van der Waals surface area contributed by atoms with Crippen molar-refractivity contribution < 1.29 is 14.2 Å². The van der Waals surface area contributed by atoms with Crippen LogP contribution >= 0.6 is 0 Å². The van der Waals surface area contributed by atoms with Crippen LogP contribution in [0.2, 0.25) is 0 Å². The van der Waals surface area contributed by atoms with Gasteiger partial charge in [-0.15, -0.1) is 0 Å². The number of ether oxygens (including phenoxy) is 1. The molecule has 0 amide bonds. The van der Waals surface area contributed by atoms with Gasteiger partial charge < -0.3 is 14.7 Å². The second-order valence-electron chi connectivity index (χ2n) is 6.14. The summed E-state index contributed by atoms with van der Waals surface area (Å²) in [5.41, 5.74) is 4.28. The number of fused-ring (bicyclic) bond motifs is 1. The van der Waals surface area contributed by atoms with Crippen molar-refractivity contribution in [1.82, 2.24) is 20.2 Å². The van der Waals surface area contributed by atoms with Crippen LogP contribution in [-0.4, -0.2) is 45.5 Å². The number of rotatable bonds is 6. The molecule has 7 nitrogen and oxygen atoms in total. The maximum absolute atomic E-state index is 14.0. The molecule has 0 spiro atoms. The zero-order valence-corrected chi connectivity index (χ0v) is 15.1. The molecule has 0 unspecified atom stereocenters. The van der Waals surface area contributed by atoms with Crippen LogP contribution in [0.5, 0.6) is 5.75 Å². The molecule has 0 atom stereocenters. The van der Waals surface area contributed by atoms with E-state index in [1.165, 1.54) is 19.2 Å². The molecule has 2 aromatic carbocycles. The average molecular weight is 379 g/mol. The van der Waals surface area contributed by atoms with Gasteiger partial charge in [-0.05, 0) is 24.3 Å². The van der Waals surface area contributed by atoms with Gasteiger partial charge in [-0.3, -0.25) is 10.1 Å². The second kappa shape index (κ2) is 7.61. The molecule has 0 aliphatic carbocycles. The number of benzene rings is 2. The molecule has 2 aromatic heterocycles. The van der Waals surface area contributed by atoms with Crippen LogP contribution in [0.3, 0.4) is 0 Å².